The number of hydrogen-bond donors (Lipinski definition) is 0. The number of imide groups is 1. The molecule has 4 aliphatic rings. The van der Waals surface area contributed by atoms with Crippen molar-refractivity contribution in [2.45, 2.75) is 38.1 Å². The van der Waals surface area contributed by atoms with Crippen LogP contribution < -0.4 is 0 Å². The van der Waals surface area contributed by atoms with E-state index in [4.69, 9.17) is 0 Å². The van der Waals surface area contributed by atoms with Crippen LogP contribution in [0.5, 0.6) is 0 Å². The standard InChI is InChI=1S/C17H19NO2/c19-16(13-4-2-1-3-5-13)18-15-9-11-6-12(10-15)8-14(7-11)17(18)20/h1-5,11-12,14-15H,6-10H2/t11-,12+,14?,15?. The van der Waals surface area contributed by atoms with Crippen LogP contribution in [0.3, 0.4) is 0 Å². The number of rotatable bonds is 1. The highest BCUT2D eigenvalue weighted by Gasteiger charge is 2.48. The summed E-state index contributed by atoms with van der Waals surface area (Å²) in [6, 6.07) is 9.38. The minimum atomic E-state index is -0.0891. The zero-order valence-corrected chi connectivity index (χ0v) is 11.5. The Kier molecular flexibility index (Phi) is 2.69. The van der Waals surface area contributed by atoms with Crippen LogP contribution in [0.15, 0.2) is 30.3 Å². The lowest BCUT2D eigenvalue weighted by Crippen LogP contribution is -2.45. The first-order valence-corrected chi connectivity index (χ1v) is 7.65. The normalized spacial score (nSPS) is 35.2. The van der Waals surface area contributed by atoms with Crippen LogP contribution in [-0.4, -0.2) is 22.8 Å². The molecule has 2 saturated carbocycles. The molecule has 0 aromatic heterocycles. The van der Waals surface area contributed by atoms with Gasteiger partial charge in [0.2, 0.25) is 5.91 Å². The van der Waals surface area contributed by atoms with Gasteiger partial charge in [-0.05, 0) is 56.1 Å². The van der Waals surface area contributed by atoms with E-state index in [0.29, 0.717) is 17.4 Å². The van der Waals surface area contributed by atoms with E-state index in [2.05, 4.69) is 0 Å². The van der Waals surface area contributed by atoms with Gasteiger partial charge in [-0.1, -0.05) is 18.2 Å². The van der Waals surface area contributed by atoms with Crippen LogP contribution in [0.25, 0.3) is 0 Å². The summed E-state index contributed by atoms with van der Waals surface area (Å²) in [5, 5.41) is 0. The molecule has 4 fully saturated rings. The average Bonchev–Trinajstić information content (AvgIpc) is 2.61. The zero-order valence-electron chi connectivity index (χ0n) is 11.5. The van der Waals surface area contributed by atoms with Crippen molar-refractivity contribution in [3.8, 4) is 0 Å². The number of fused-ring (bicyclic) bond motifs is 1. The molecule has 5 rings (SSSR count). The first kappa shape index (κ1) is 12.1. The third kappa shape index (κ3) is 1.80. The lowest BCUT2D eigenvalue weighted by Gasteiger charge is -2.38. The van der Waals surface area contributed by atoms with Crippen LogP contribution in [-0.2, 0) is 4.79 Å². The van der Waals surface area contributed by atoms with Gasteiger partial charge < -0.3 is 0 Å². The third-order valence-electron chi connectivity index (χ3n) is 5.30. The van der Waals surface area contributed by atoms with E-state index in [0.717, 1.165) is 25.7 Å². The molecule has 20 heavy (non-hydrogen) atoms. The smallest absolute Gasteiger partial charge is 0.260 e. The topological polar surface area (TPSA) is 37.4 Å². The number of carbonyl (C=O) groups excluding carboxylic acids is 2. The van der Waals surface area contributed by atoms with E-state index in [1.165, 1.54) is 6.42 Å². The quantitative estimate of drug-likeness (QED) is 0.735. The summed E-state index contributed by atoms with van der Waals surface area (Å²) in [7, 11) is 0. The fraction of sp³-hybridized carbons (Fsp3) is 0.529. The Morgan fingerprint density at radius 2 is 1.60 bits per heavy atom. The lowest BCUT2D eigenvalue weighted by atomic mass is 9.68. The van der Waals surface area contributed by atoms with Gasteiger partial charge in [-0.25, -0.2) is 0 Å². The van der Waals surface area contributed by atoms with Crippen molar-refractivity contribution in [1.82, 2.24) is 4.90 Å². The van der Waals surface area contributed by atoms with Crippen molar-refractivity contribution >= 4 is 11.8 Å². The maximum absolute atomic E-state index is 12.7. The summed E-state index contributed by atoms with van der Waals surface area (Å²) in [4.78, 5) is 27.1. The van der Waals surface area contributed by atoms with Gasteiger partial charge in [0.25, 0.3) is 5.91 Å². The highest BCUT2D eigenvalue weighted by atomic mass is 16.2. The van der Waals surface area contributed by atoms with Crippen molar-refractivity contribution in [1.29, 1.82) is 0 Å². The summed E-state index contributed by atoms with van der Waals surface area (Å²) in [6.07, 6.45) is 5.33. The van der Waals surface area contributed by atoms with Gasteiger partial charge in [-0.15, -0.1) is 0 Å². The Morgan fingerprint density at radius 3 is 2.25 bits per heavy atom. The van der Waals surface area contributed by atoms with E-state index in [9.17, 15) is 9.59 Å². The van der Waals surface area contributed by atoms with Crippen molar-refractivity contribution in [2.24, 2.45) is 17.8 Å². The van der Waals surface area contributed by atoms with Gasteiger partial charge >= 0.3 is 0 Å². The van der Waals surface area contributed by atoms with Crippen LogP contribution in [0, 0.1) is 17.8 Å². The number of hydrogen-bond acceptors (Lipinski definition) is 2. The maximum Gasteiger partial charge on any atom is 0.260 e. The predicted molar refractivity (Wildman–Crippen MR) is 75.0 cm³/mol. The van der Waals surface area contributed by atoms with E-state index in [-0.39, 0.29) is 23.8 Å². The SMILES string of the molecule is O=C(c1ccccc1)N1C(=O)C2C[C@@H]3CC1C[C@H](C2)C3. The number of carbonyl (C=O) groups is 2. The van der Waals surface area contributed by atoms with Gasteiger partial charge in [0.1, 0.15) is 0 Å². The van der Waals surface area contributed by atoms with Crippen LogP contribution >= 0.6 is 0 Å². The van der Waals surface area contributed by atoms with Gasteiger partial charge in [0.05, 0.1) is 0 Å². The van der Waals surface area contributed by atoms with E-state index >= 15 is 0 Å². The van der Waals surface area contributed by atoms with Crippen LogP contribution in [0.1, 0.15) is 42.5 Å². The van der Waals surface area contributed by atoms with E-state index in [1.54, 1.807) is 4.90 Å². The molecule has 104 valence electrons. The Morgan fingerprint density at radius 1 is 0.950 bits per heavy atom. The molecule has 3 nitrogen and oxygen atoms in total. The van der Waals surface area contributed by atoms with Crippen LogP contribution in [0.2, 0.25) is 0 Å². The monoisotopic (exact) mass is 269 g/mol. The Hall–Kier alpha value is -1.64. The second-order valence-electron chi connectivity index (χ2n) is 6.64. The summed E-state index contributed by atoms with van der Waals surface area (Å²) >= 11 is 0. The summed E-state index contributed by atoms with van der Waals surface area (Å²) < 4.78 is 0. The fourth-order valence-electron chi connectivity index (χ4n) is 4.59. The minimum Gasteiger partial charge on any atom is -0.275 e. The van der Waals surface area contributed by atoms with Crippen molar-refractivity contribution in [2.75, 3.05) is 0 Å². The third-order valence-corrected chi connectivity index (χ3v) is 5.30. The fourth-order valence-corrected chi connectivity index (χ4v) is 4.59. The average molecular weight is 269 g/mol. The van der Waals surface area contributed by atoms with Gasteiger partial charge in [-0.3, -0.25) is 14.5 Å². The minimum absolute atomic E-state index is 0.0891. The molecule has 4 bridgehead atoms. The lowest BCUT2D eigenvalue weighted by molar-refractivity contribution is -0.133. The van der Waals surface area contributed by atoms with E-state index in [1.807, 2.05) is 30.3 Å². The molecular weight excluding hydrogens is 250 g/mol. The van der Waals surface area contributed by atoms with Crippen LogP contribution in [0.4, 0.5) is 0 Å². The first-order chi connectivity index (χ1) is 9.72. The van der Waals surface area contributed by atoms with Crippen molar-refractivity contribution in [3.05, 3.63) is 35.9 Å². The molecule has 3 heteroatoms. The Labute approximate surface area is 119 Å². The van der Waals surface area contributed by atoms with Crippen molar-refractivity contribution < 1.29 is 9.59 Å². The molecule has 2 amide bonds. The number of benzene rings is 1. The predicted octanol–water partition coefficient (Wildman–Crippen LogP) is 2.86. The maximum atomic E-state index is 12.7. The molecule has 1 aromatic rings. The molecule has 0 radical (unpaired) electrons. The summed E-state index contributed by atoms with van der Waals surface area (Å²) in [6.45, 7) is 0. The molecule has 2 saturated heterocycles. The molecule has 4 atom stereocenters. The van der Waals surface area contributed by atoms with Gasteiger partial charge in [-0.2, -0.15) is 0 Å². The highest BCUT2D eigenvalue weighted by Crippen LogP contribution is 2.48. The van der Waals surface area contributed by atoms with E-state index < -0.39 is 0 Å². The van der Waals surface area contributed by atoms with Gasteiger partial charge in [0, 0.05) is 17.5 Å². The largest absolute Gasteiger partial charge is 0.275 e. The first-order valence-electron chi connectivity index (χ1n) is 7.65. The van der Waals surface area contributed by atoms with Crippen molar-refractivity contribution in [3.63, 3.8) is 0 Å². The summed E-state index contributed by atoms with van der Waals surface area (Å²) in [5.74, 6) is 1.42. The number of amides is 2. The Balaban J connectivity index is 1.70. The Bertz CT molecular complexity index is 539. The highest BCUT2D eigenvalue weighted by molar-refractivity contribution is 6.05. The summed E-state index contributed by atoms with van der Waals surface area (Å²) in [5.41, 5.74) is 0.641. The molecule has 2 unspecified atom stereocenters. The van der Waals surface area contributed by atoms with Gasteiger partial charge in [0.15, 0.2) is 0 Å². The molecule has 2 aliphatic carbocycles. The molecule has 2 heterocycles. The molecule has 0 N–H and O–H groups in total. The second-order valence-corrected chi connectivity index (χ2v) is 6.64. The molecular formula is C17H19NO2. The second kappa shape index (κ2) is 4.44. The molecule has 1 aromatic carbocycles. The molecule has 0 spiro atoms. The number of nitrogens with zero attached hydrogens (tertiary/aromatic N) is 1. The zero-order chi connectivity index (χ0) is 13.7. The molecule has 2 aliphatic heterocycles.